The van der Waals surface area contributed by atoms with E-state index in [0.717, 1.165) is 11.1 Å². The zero-order valence-corrected chi connectivity index (χ0v) is 10.8. The first-order valence-corrected chi connectivity index (χ1v) is 5.80. The third-order valence-corrected chi connectivity index (χ3v) is 2.99. The molecule has 1 N–H and O–H groups in total. The van der Waals surface area contributed by atoms with Crippen LogP contribution in [-0.4, -0.2) is 11.9 Å². The molecule has 0 saturated carbocycles. The van der Waals surface area contributed by atoms with Gasteiger partial charge in [-0.05, 0) is 38.3 Å². The number of hydrogen-bond acceptors (Lipinski definition) is 1. The maximum atomic E-state index is 12.0. The summed E-state index contributed by atoms with van der Waals surface area (Å²) in [6.07, 6.45) is 0. The Morgan fingerprint density at radius 2 is 1.81 bits per heavy atom. The Bertz CT molecular complexity index is 382. The fourth-order valence-electron chi connectivity index (χ4n) is 1.52. The van der Waals surface area contributed by atoms with Crippen molar-refractivity contribution in [1.82, 2.24) is 5.32 Å². The van der Waals surface area contributed by atoms with Crippen LogP contribution >= 0.6 is 0 Å². The monoisotopic (exact) mass is 219 g/mol. The molecule has 1 rings (SSSR count). The summed E-state index contributed by atoms with van der Waals surface area (Å²) >= 11 is 0. The van der Waals surface area contributed by atoms with Crippen LogP contribution in [0.3, 0.4) is 0 Å². The molecule has 0 heterocycles. The predicted molar refractivity (Wildman–Crippen MR) is 67.7 cm³/mol. The van der Waals surface area contributed by atoms with Gasteiger partial charge < -0.3 is 5.32 Å². The van der Waals surface area contributed by atoms with Crippen molar-refractivity contribution in [2.75, 3.05) is 0 Å². The Morgan fingerprint density at radius 1 is 1.19 bits per heavy atom. The van der Waals surface area contributed by atoms with Crippen molar-refractivity contribution in [2.24, 2.45) is 5.92 Å². The van der Waals surface area contributed by atoms with E-state index >= 15 is 0 Å². The lowest BCUT2D eigenvalue weighted by atomic mass is 10.0. The molecule has 0 unspecified atom stereocenters. The molecule has 0 bridgehead atoms. The summed E-state index contributed by atoms with van der Waals surface area (Å²) in [7, 11) is 0. The largest absolute Gasteiger partial charge is 0.349 e. The summed E-state index contributed by atoms with van der Waals surface area (Å²) in [5.41, 5.74) is 3.00. The van der Waals surface area contributed by atoms with E-state index in [-0.39, 0.29) is 11.9 Å². The lowest BCUT2D eigenvalue weighted by Crippen LogP contribution is -2.36. The highest BCUT2D eigenvalue weighted by Crippen LogP contribution is 2.11. The number of carbonyl (C=O) groups is 1. The molecule has 16 heavy (non-hydrogen) atoms. The minimum Gasteiger partial charge on any atom is -0.349 e. The third-order valence-electron chi connectivity index (χ3n) is 2.99. The second-order valence-corrected chi connectivity index (χ2v) is 4.82. The third kappa shape index (κ3) is 3.09. The second-order valence-electron chi connectivity index (χ2n) is 4.82. The average molecular weight is 219 g/mol. The predicted octanol–water partition coefficient (Wildman–Crippen LogP) is 3.08. The molecule has 0 aromatic heterocycles. The number of benzene rings is 1. The highest BCUT2D eigenvalue weighted by atomic mass is 16.1. The Hall–Kier alpha value is -1.31. The maximum Gasteiger partial charge on any atom is 0.251 e. The molecule has 1 aromatic carbocycles. The number of amides is 1. The standard InChI is InChI=1S/C14H21NO/c1-9(2)12(5)15-14(16)13-7-6-10(3)8-11(13)4/h6-9,12H,1-5H3,(H,15,16)/t12-/m0/s1. The number of aryl methyl sites for hydroxylation is 2. The van der Waals surface area contributed by atoms with E-state index in [1.54, 1.807) is 0 Å². The van der Waals surface area contributed by atoms with Gasteiger partial charge in [0.2, 0.25) is 0 Å². The van der Waals surface area contributed by atoms with Crippen LogP contribution < -0.4 is 5.32 Å². The Balaban J connectivity index is 2.81. The van der Waals surface area contributed by atoms with E-state index in [9.17, 15) is 4.79 Å². The van der Waals surface area contributed by atoms with Gasteiger partial charge in [0.25, 0.3) is 5.91 Å². The highest BCUT2D eigenvalue weighted by molar-refractivity contribution is 5.95. The fraction of sp³-hybridized carbons (Fsp3) is 0.500. The number of nitrogens with one attached hydrogen (secondary N) is 1. The Kier molecular flexibility index (Phi) is 4.11. The molecule has 0 saturated heterocycles. The van der Waals surface area contributed by atoms with Crippen molar-refractivity contribution in [3.05, 3.63) is 34.9 Å². The SMILES string of the molecule is Cc1ccc(C(=O)N[C@@H](C)C(C)C)c(C)c1. The van der Waals surface area contributed by atoms with E-state index in [4.69, 9.17) is 0 Å². The van der Waals surface area contributed by atoms with Crippen LogP contribution in [0.2, 0.25) is 0 Å². The Labute approximate surface area is 98.1 Å². The Morgan fingerprint density at radius 3 is 2.31 bits per heavy atom. The van der Waals surface area contributed by atoms with Gasteiger partial charge in [0.15, 0.2) is 0 Å². The number of hydrogen-bond donors (Lipinski definition) is 1. The van der Waals surface area contributed by atoms with Crippen LogP contribution in [0.25, 0.3) is 0 Å². The second kappa shape index (κ2) is 5.15. The van der Waals surface area contributed by atoms with Gasteiger partial charge in [-0.3, -0.25) is 4.79 Å². The van der Waals surface area contributed by atoms with Crippen molar-refractivity contribution in [2.45, 2.75) is 40.7 Å². The minimum atomic E-state index is 0.0266. The number of rotatable bonds is 3. The molecular weight excluding hydrogens is 198 g/mol. The first kappa shape index (κ1) is 12.8. The van der Waals surface area contributed by atoms with Crippen molar-refractivity contribution >= 4 is 5.91 Å². The molecule has 0 spiro atoms. The van der Waals surface area contributed by atoms with E-state index in [0.29, 0.717) is 5.92 Å². The average Bonchev–Trinajstić information content (AvgIpc) is 2.16. The van der Waals surface area contributed by atoms with Crippen LogP contribution in [0.5, 0.6) is 0 Å². The summed E-state index contributed by atoms with van der Waals surface area (Å²) in [4.78, 5) is 12.0. The van der Waals surface area contributed by atoms with Gasteiger partial charge in [-0.2, -0.15) is 0 Å². The molecule has 0 aliphatic heterocycles. The molecule has 1 atom stereocenters. The maximum absolute atomic E-state index is 12.0. The van der Waals surface area contributed by atoms with Gasteiger partial charge in [0, 0.05) is 11.6 Å². The van der Waals surface area contributed by atoms with Crippen molar-refractivity contribution < 1.29 is 4.79 Å². The molecule has 2 heteroatoms. The topological polar surface area (TPSA) is 29.1 Å². The summed E-state index contributed by atoms with van der Waals surface area (Å²) in [6, 6.07) is 6.11. The van der Waals surface area contributed by atoms with Crippen molar-refractivity contribution in [3.63, 3.8) is 0 Å². The van der Waals surface area contributed by atoms with Gasteiger partial charge >= 0.3 is 0 Å². The minimum absolute atomic E-state index is 0.0266. The molecule has 88 valence electrons. The molecule has 1 aromatic rings. The lowest BCUT2D eigenvalue weighted by Gasteiger charge is -2.18. The molecule has 0 radical (unpaired) electrons. The van der Waals surface area contributed by atoms with E-state index in [1.165, 1.54) is 5.56 Å². The fourth-order valence-corrected chi connectivity index (χ4v) is 1.52. The molecule has 0 aliphatic rings. The summed E-state index contributed by atoms with van der Waals surface area (Å²) in [6.45, 7) is 10.2. The van der Waals surface area contributed by atoms with Crippen LogP contribution in [0.4, 0.5) is 0 Å². The lowest BCUT2D eigenvalue weighted by molar-refractivity contribution is 0.0930. The normalized spacial score (nSPS) is 12.6. The molecule has 2 nitrogen and oxygen atoms in total. The number of carbonyl (C=O) groups excluding carboxylic acids is 1. The molecule has 1 amide bonds. The quantitative estimate of drug-likeness (QED) is 0.831. The highest BCUT2D eigenvalue weighted by Gasteiger charge is 2.13. The van der Waals surface area contributed by atoms with Crippen LogP contribution in [0.1, 0.15) is 42.3 Å². The summed E-state index contributed by atoms with van der Waals surface area (Å²) < 4.78 is 0. The van der Waals surface area contributed by atoms with E-state index < -0.39 is 0 Å². The van der Waals surface area contributed by atoms with Crippen LogP contribution in [-0.2, 0) is 0 Å². The summed E-state index contributed by atoms with van der Waals surface area (Å²) in [5, 5.41) is 3.02. The van der Waals surface area contributed by atoms with Crippen LogP contribution in [0, 0.1) is 19.8 Å². The van der Waals surface area contributed by atoms with Crippen molar-refractivity contribution in [1.29, 1.82) is 0 Å². The zero-order chi connectivity index (χ0) is 12.3. The van der Waals surface area contributed by atoms with Crippen LogP contribution in [0.15, 0.2) is 18.2 Å². The smallest absolute Gasteiger partial charge is 0.251 e. The van der Waals surface area contributed by atoms with Gasteiger partial charge in [-0.15, -0.1) is 0 Å². The zero-order valence-electron chi connectivity index (χ0n) is 10.8. The molecule has 0 aliphatic carbocycles. The van der Waals surface area contributed by atoms with Gasteiger partial charge in [0.1, 0.15) is 0 Å². The molecule has 0 fully saturated rings. The molecular formula is C14H21NO. The summed E-state index contributed by atoms with van der Waals surface area (Å²) in [5.74, 6) is 0.480. The van der Waals surface area contributed by atoms with E-state index in [1.807, 2.05) is 39.0 Å². The first-order chi connectivity index (χ1) is 7.41. The van der Waals surface area contributed by atoms with E-state index in [2.05, 4.69) is 19.2 Å². The van der Waals surface area contributed by atoms with Gasteiger partial charge in [-0.25, -0.2) is 0 Å². The first-order valence-electron chi connectivity index (χ1n) is 5.80. The van der Waals surface area contributed by atoms with Crippen molar-refractivity contribution in [3.8, 4) is 0 Å². The van der Waals surface area contributed by atoms with Gasteiger partial charge in [0.05, 0.1) is 0 Å². The van der Waals surface area contributed by atoms with Gasteiger partial charge in [-0.1, -0.05) is 31.5 Å².